The molecule has 1 aromatic carbocycles. The Morgan fingerprint density at radius 1 is 1.16 bits per heavy atom. The van der Waals surface area contributed by atoms with Gasteiger partial charge in [-0.25, -0.2) is 0 Å². The first-order valence-corrected chi connectivity index (χ1v) is 7.68. The quantitative estimate of drug-likeness (QED) is 0.931. The number of rotatable bonds is 3. The molecule has 4 heteroatoms. The molecule has 102 valence electrons. The summed E-state index contributed by atoms with van der Waals surface area (Å²) < 4.78 is 1.37. The second-order valence-corrected chi connectivity index (χ2v) is 6.54. The van der Waals surface area contributed by atoms with Crippen molar-refractivity contribution in [1.29, 1.82) is 0 Å². The highest BCUT2D eigenvalue weighted by atomic mass is 32.1. The molecule has 0 amide bonds. The van der Waals surface area contributed by atoms with Gasteiger partial charge >= 0.3 is 0 Å². The largest absolute Gasteiger partial charge is 0.326 e. The first-order chi connectivity index (χ1) is 9.24. The third-order valence-electron chi connectivity index (χ3n) is 3.85. The molecule has 0 atom stereocenters. The van der Waals surface area contributed by atoms with Gasteiger partial charge in [0, 0.05) is 48.8 Å². The third kappa shape index (κ3) is 2.98. The van der Waals surface area contributed by atoms with Crippen LogP contribution in [-0.2, 0) is 13.1 Å². The van der Waals surface area contributed by atoms with Crippen molar-refractivity contribution in [3.8, 4) is 0 Å². The van der Waals surface area contributed by atoms with Gasteiger partial charge in [0.05, 0.1) is 0 Å². The van der Waals surface area contributed by atoms with Crippen LogP contribution in [0.25, 0.3) is 10.1 Å². The van der Waals surface area contributed by atoms with Gasteiger partial charge < -0.3 is 10.6 Å². The van der Waals surface area contributed by atoms with Crippen molar-refractivity contribution in [3.63, 3.8) is 0 Å². The van der Waals surface area contributed by atoms with E-state index < -0.39 is 0 Å². The Labute approximate surface area is 118 Å². The van der Waals surface area contributed by atoms with Crippen LogP contribution in [-0.4, -0.2) is 43.0 Å². The van der Waals surface area contributed by atoms with Crippen LogP contribution in [0.5, 0.6) is 0 Å². The van der Waals surface area contributed by atoms with E-state index >= 15 is 0 Å². The summed E-state index contributed by atoms with van der Waals surface area (Å²) in [6, 6.07) is 8.89. The zero-order valence-corrected chi connectivity index (χ0v) is 12.2. The van der Waals surface area contributed by atoms with Gasteiger partial charge in [-0.2, -0.15) is 0 Å². The van der Waals surface area contributed by atoms with Crippen molar-refractivity contribution in [2.24, 2.45) is 5.73 Å². The van der Waals surface area contributed by atoms with Gasteiger partial charge in [0.1, 0.15) is 0 Å². The van der Waals surface area contributed by atoms with Gasteiger partial charge in [-0.1, -0.05) is 12.1 Å². The molecule has 3 rings (SSSR count). The van der Waals surface area contributed by atoms with Crippen LogP contribution in [0.4, 0.5) is 0 Å². The predicted molar refractivity (Wildman–Crippen MR) is 82.5 cm³/mol. The molecule has 2 N–H and O–H groups in total. The average molecular weight is 275 g/mol. The monoisotopic (exact) mass is 275 g/mol. The summed E-state index contributed by atoms with van der Waals surface area (Å²) in [5.41, 5.74) is 6.92. The summed E-state index contributed by atoms with van der Waals surface area (Å²) in [5, 5.41) is 1.35. The predicted octanol–water partition coefficient (Wildman–Crippen LogP) is 2.11. The summed E-state index contributed by atoms with van der Waals surface area (Å²) in [5.74, 6) is 0. The number of fused-ring (bicyclic) bond motifs is 1. The molecule has 1 saturated heterocycles. The van der Waals surface area contributed by atoms with E-state index in [4.69, 9.17) is 5.73 Å². The Hall–Kier alpha value is -0.940. The third-order valence-corrected chi connectivity index (χ3v) is 4.93. The Morgan fingerprint density at radius 2 is 1.95 bits per heavy atom. The molecule has 0 saturated carbocycles. The fourth-order valence-electron chi connectivity index (χ4n) is 2.56. The van der Waals surface area contributed by atoms with Crippen molar-refractivity contribution in [2.75, 3.05) is 33.2 Å². The number of likely N-dealkylation sites (N-methyl/N-ethyl adjacent to an activating group) is 1. The summed E-state index contributed by atoms with van der Waals surface area (Å²) in [7, 11) is 2.20. The Bertz CT molecular complexity index is 556. The molecule has 3 nitrogen and oxygen atoms in total. The summed E-state index contributed by atoms with van der Waals surface area (Å²) in [6.45, 7) is 6.44. The van der Waals surface area contributed by atoms with E-state index in [2.05, 4.69) is 41.1 Å². The van der Waals surface area contributed by atoms with Crippen LogP contribution in [0.3, 0.4) is 0 Å². The molecule has 1 fully saturated rings. The standard InChI is InChI=1S/C15H21N3S/c1-17-4-6-18(7-5-17)11-14-9-13-3-2-12(10-16)8-15(13)19-14/h2-3,8-9H,4-7,10-11,16H2,1H3. The van der Waals surface area contributed by atoms with Crippen LogP contribution in [0.2, 0.25) is 0 Å². The van der Waals surface area contributed by atoms with Crippen LogP contribution in [0, 0.1) is 0 Å². The molecular formula is C15H21N3S. The summed E-state index contributed by atoms with van der Waals surface area (Å²) in [6.07, 6.45) is 0. The normalized spacial score (nSPS) is 18.2. The Morgan fingerprint density at radius 3 is 2.68 bits per heavy atom. The van der Waals surface area contributed by atoms with Crippen molar-refractivity contribution < 1.29 is 0 Å². The topological polar surface area (TPSA) is 32.5 Å². The molecule has 0 unspecified atom stereocenters. The van der Waals surface area contributed by atoms with E-state index in [0.717, 1.165) is 6.54 Å². The molecule has 1 aliphatic rings. The van der Waals surface area contributed by atoms with Crippen molar-refractivity contribution in [1.82, 2.24) is 9.80 Å². The van der Waals surface area contributed by atoms with Crippen LogP contribution in [0.15, 0.2) is 24.3 Å². The Balaban J connectivity index is 1.74. The van der Waals surface area contributed by atoms with Crippen molar-refractivity contribution >= 4 is 21.4 Å². The lowest BCUT2D eigenvalue weighted by molar-refractivity contribution is 0.149. The van der Waals surface area contributed by atoms with Gasteiger partial charge in [0.15, 0.2) is 0 Å². The lowest BCUT2D eigenvalue weighted by Crippen LogP contribution is -2.43. The molecule has 1 aliphatic heterocycles. The maximum atomic E-state index is 5.70. The molecule has 0 aliphatic carbocycles. The number of benzene rings is 1. The first-order valence-electron chi connectivity index (χ1n) is 6.87. The van der Waals surface area contributed by atoms with Gasteiger partial charge in [-0.3, -0.25) is 4.90 Å². The smallest absolute Gasteiger partial charge is 0.0349 e. The molecule has 0 spiro atoms. The van der Waals surface area contributed by atoms with E-state index in [1.165, 1.54) is 46.7 Å². The number of nitrogens with zero attached hydrogens (tertiary/aromatic N) is 2. The van der Waals surface area contributed by atoms with Crippen LogP contribution < -0.4 is 5.73 Å². The van der Waals surface area contributed by atoms with E-state index in [9.17, 15) is 0 Å². The SMILES string of the molecule is CN1CCN(Cc2cc3ccc(CN)cc3s2)CC1. The lowest BCUT2D eigenvalue weighted by Gasteiger charge is -2.31. The number of nitrogens with two attached hydrogens (primary N) is 1. The maximum Gasteiger partial charge on any atom is 0.0349 e. The first kappa shape index (κ1) is 13.1. The molecule has 0 bridgehead atoms. The highest BCUT2D eigenvalue weighted by Gasteiger charge is 2.14. The molecule has 2 heterocycles. The minimum atomic E-state index is 0.627. The second-order valence-electron chi connectivity index (χ2n) is 5.37. The molecule has 2 aromatic rings. The van der Waals surface area contributed by atoms with E-state index in [1.54, 1.807) is 0 Å². The lowest BCUT2D eigenvalue weighted by atomic mass is 10.2. The fraction of sp³-hybridized carbons (Fsp3) is 0.467. The molecule has 19 heavy (non-hydrogen) atoms. The second kappa shape index (κ2) is 5.59. The summed E-state index contributed by atoms with van der Waals surface area (Å²) >= 11 is 1.91. The summed E-state index contributed by atoms with van der Waals surface area (Å²) in [4.78, 5) is 6.41. The van der Waals surface area contributed by atoms with Crippen molar-refractivity contribution in [2.45, 2.75) is 13.1 Å². The van der Waals surface area contributed by atoms with E-state index in [-0.39, 0.29) is 0 Å². The van der Waals surface area contributed by atoms with E-state index in [1.807, 2.05) is 11.3 Å². The highest BCUT2D eigenvalue weighted by Crippen LogP contribution is 2.27. The zero-order chi connectivity index (χ0) is 13.2. The molecule has 0 radical (unpaired) electrons. The number of thiophene rings is 1. The van der Waals surface area contributed by atoms with Gasteiger partial charge in [0.2, 0.25) is 0 Å². The van der Waals surface area contributed by atoms with Crippen LogP contribution >= 0.6 is 11.3 Å². The number of piperazine rings is 1. The average Bonchev–Trinajstić information content (AvgIpc) is 2.82. The van der Waals surface area contributed by atoms with Gasteiger partial charge in [-0.05, 0) is 30.1 Å². The number of hydrogen-bond donors (Lipinski definition) is 1. The van der Waals surface area contributed by atoms with Gasteiger partial charge in [-0.15, -0.1) is 11.3 Å². The Kier molecular flexibility index (Phi) is 3.84. The van der Waals surface area contributed by atoms with E-state index in [0.29, 0.717) is 6.54 Å². The molecule has 1 aromatic heterocycles. The van der Waals surface area contributed by atoms with Gasteiger partial charge in [0.25, 0.3) is 0 Å². The maximum absolute atomic E-state index is 5.70. The fourth-order valence-corrected chi connectivity index (χ4v) is 3.73. The highest BCUT2D eigenvalue weighted by molar-refractivity contribution is 7.19. The minimum Gasteiger partial charge on any atom is -0.326 e. The zero-order valence-electron chi connectivity index (χ0n) is 11.4. The minimum absolute atomic E-state index is 0.627. The van der Waals surface area contributed by atoms with Crippen LogP contribution in [0.1, 0.15) is 10.4 Å². The molecular weight excluding hydrogens is 254 g/mol. The number of hydrogen-bond acceptors (Lipinski definition) is 4. The van der Waals surface area contributed by atoms with Crippen molar-refractivity contribution in [3.05, 3.63) is 34.7 Å².